The van der Waals surface area contributed by atoms with Gasteiger partial charge in [-0.1, -0.05) is 25.7 Å². The summed E-state index contributed by atoms with van der Waals surface area (Å²) >= 11 is 0. The minimum absolute atomic E-state index is 0.0620. The molecule has 1 saturated heterocycles. The third kappa shape index (κ3) is 4.09. The van der Waals surface area contributed by atoms with Gasteiger partial charge in [-0.25, -0.2) is 0 Å². The summed E-state index contributed by atoms with van der Waals surface area (Å²) in [6.45, 7) is 3.29. The molecule has 3 nitrogen and oxygen atoms in total. The highest BCUT2D eigenvalue weighted by molar-refractivity contribution is 5.75. The summed E-state index contributed by atoms with van der Waals surface area (Å²) in [5.74, 6) is -0.0746. The minimum Gasteiger partial charge on any atom is -0.465 e. The summed E-state index contributed by atoms with van der Waals surface area (Å²) in [6.07, 6.45) is 7.07. The number of rotatable bonds is 2. The van der Waals surface area contributed by atoms with Gasteiger partial charge in [0.25, 0.3) is 0 Å². The van der Waals surface area contributed by atoms with Gasteiger partial charge in [0.2, 0.25) is 0 Å². The van der Waals surface area contributed by atoms with Crippen molar-refractivity contribution in [2.24, 2.45) is 0 Å². The standard InChI is InChI=1S/C11H21NO2/c1-2-14-11(13)10-8-6-4-3-5-7-9-12-10/h10,12H,2-9H2,1H3. The molecule has 0 aromatic rings. The van der Waals surface area contributed by atoms with E-state index < -0.39 is 0 Å². The first-order chi connectivity index (χ1) is 6.84. The Morgan fingerprint density at radius 1 is 1.29 bits per heavy atom. The molecule has 1 atom stereocenters. The van der Waals surface area contributed by atoms with Gasteiger partial charge in [-0.05, 0) is 26.3 Å². The summed E-state index contributed by atoms with van der Waals surface area (Å²) in [5, 5.41) is 3.27. The van der Waals surface area contributed by atoms with Crippen molar-refractivity contribution in [1.82, 2.24) is 5.32 Å². The van der Waals surface area contributed by atoms with Crippen LogP contribution in [0.2, 0.25) is 0 Å². The van der Waals surface area contributed by atoms with Gasteiger partial charge < -0.3 is 10.1 Å². The Morgan fingerprint density at radius 2 is 2.00 bits per heavy atom. The number of ether oxygens (including phenoxy) is 1. The highest BCUT2D eigenvalue weighted by Crippen LogP contribution is 2.11. The second kappa shape index (κ2) is 6.82. The SMILES string of the molecule is CCOC(=O)C1CCCCCCCN1. The molecule has 0 spiro atoms. The van der Waals surface area contributed by atoms with E-state index >= 15 is 0 Å². The molecule has 0 radical (unpaired) electrons. The third-order valence-corrected chi connectivity index (χ3v) is 2.63. The molecule has 1 rings (SSSR count). The summed E-state index contributed by atoms with van der Waals surface area (Å²) in [6, 6.07) is -0.0620. The molecule has 0 saturated carbocycles. The van der Waals surface area contributed by atoms with Gasteiger partial charge in [-0.3, -0.25) is 4.79 Å². The van der Waals surface area contributed by atoms with E-state index in [4.69, 9.17) is 4.74 Å². The summed E-state index contributed by atoms with van der Waals surface area (Å²) in [5.41, 5.74) is 0. The zero-order valence-corrected chi connectivity index (χ0v) is 9.05. The lowest BCUT2D eigenvalue weighted by atomic mass is 10.1. The van der Waals surface area contributed by atoms with E-state index in [9.17, 15) is 4.79 Å². The van der Waals surface area contributed by atoms with Crippen LogP contribution in [0.5, 0.6) is 0 Å². The van der Waals surface area contributed by atoms with Gasteiger partial charge in [-0.2, -0.15) is 0 Å². The van der Waals surface area contributed by atoms with Crippen LogP contribution in [0.3, 0.4) is 0 Å². The van der Waals surface area contributed by atoms with Crippen LogP contribution in [0, 0.1) is 0 Å². The number of carbonyl (C=O) groups is 1. The molecule has 82 valence electrons. The summed E-state index contributed by atoms with van der Waals surface area (Å²) < 4.78 is 5.02. The highest BCUT2D eigenvalue weighted by atomic mass is 16.5. The van der Waals surface area contributed by atoms with Crippen LogP contribution in [-0.4, -0.2) is 25.2 Å². The molecule has 1 unspecified atom stereocenters. The summed E-state index contributed by atoms with van der Waals surface area (Å²) in [7, 11) is 0. The van der Waals surface area contributed by atoms with E-state index in [1.54, 1.807) is 0 Å². The lowest BCUT2D eigenvalue weighted by Gasteiger charge is -2.15. The molecule has 1 fully saturated rings. The molecule has 1 aliphatic rings. The van der Waals surface area contributed by atoms with Crippen molar-refractivity contribution in [2.75, 3.05) is 13.2 Å². The largest absolute Gasteiger partial charge is 0.465 e. The monoisotopic (exact) mass is 199 g/mol. The molecule has 0 aromatic heterocycles. The maximum atomic E-state index is 11.5. The third-order valence-electron chi connectivity index (χ3n) is 2.63. The van der Waals surface area contributed by atoms with Crippen molar-refractivity contribution in [2.45, 2.75) is 51.5 Å². The van der Waals surface area contributed by atoms with Crippen LogP contribution in [-0.2, 0) is 9.53 Å². The van der Waals surface area contributed by atoms with Crippen LogP contribution >= 0.6 is 0 Å². The Balaban J connectivity index is 2.35. The van der Waals surface area contributed by atoms with Gasteiger partial charge in [0.05, 0.1) is 6.61 Å². The van der Waals surface area contributed by atoms with E-state index in [2.05, 4.69) is 5.32 Å². The fourth-order valence-corrected chi connectivity index (χ4v) is 1.83. The average molecular weight is 199 g/mol. The van der Waals surface area contributed by atoms with Crippen LogP contribution in [0.4, 0.5) is 0 Å². The normalized spacial score (nSPS) is 24.5. The molecule has 1 aliphatic heterocycles. The Morgan fingerprint density at radius 3 is 2.79 bits per heavy atom. The van der Waals surface area contributed by atoms with E-state index in [1.807, 2.05) is 6.92 Å². The topological polar surface area (TPSA) is 38.3 Å². The lowest BCUT2D eigenvalue weighted by molar-refractivity contribution is -0.145. The molecule has 1 heterocycles. The number of nitrogens with one attached hydrogen (secondary N) is 1. The number of hydrogen-bond donors (Lipinski definition) is 1. The predicted octanol–water partition coefficient (Wildman–Crippen LogP) is 1.86. The Kier molecular flexibility index (Phi) is 5.60. The van der Waals surface area contributed by atoms with Gasteiger partial charge in [0.1, 0.15) is 6.04 Å². The van der Waals surface area contributed by atoms with Gasteiger partial charge >= 0.3 is 5.97 Å². The first-order valence-corrected chi connectivity index (χ1v) is 5.74. The predicted molar refractivity (Wildman–Crippen MR) is 56.1 cm³/mol. The van der Waals surface area contributed by atoms with E-state index in [0.29, 0.717) is 6.61 Å². The maximum Gasteiger partial charge on any atom is 0.323 e. The van der Waals surface area contributed by atoms with Gasteiger partial charge in [-0.15, -0.1) is 0 Å². The molecule has 0 amide bonds. The van der Waals surface area contributed by atoms with Gasteiger partial charge in [0, 0.05) is 0 Å². The van der Waals surface area contributed by atoms with Crippen molar-refractivity contribution in [3.63, 3.8) is 0 Å². The Bertz CT molecular complexity index is 161. The first-order valence-electron chi connectivity index (χ1n) is 5.74. The quantitative estimate of drug-likeness (QED) is 0.690. The van der Waals surface area contributed by atoms with Crippen LogP contribution in [0.1, 0.15) is 45.4 Å². The fraction of sp³-hybridized carbons (Fsp3) is 0.909. The Hall–Kier alpha value is -0.570. The van der Waals surface area contributed by atoms with Crippen molar-refractivity contribution >= 4 is 5.97 Å². The first kappa shape index (κ1) is 11.5. The van der Waals surface area contributed by atoms with Crippen LogP contribution in [0.15, 0.2) is 0 Å². The van der Waals surface area contributed by atoms with Crippen LogP contribution in [0.25, 0.3) is 0 Å². The molecular weight excluding hydrogens is 178 g/mol. The number of esters is 1. The van der Waals surface area contributed by atoms with Crippen LogP contribution < -0.4 is 5.32 Å². The molecule has 0 aliphatic carbocycles. The molecule has 14 heavy (non-hydrogen) atoms. The van der Waals surface area contributed by atoms with E-state index in [0.717, 1.165) is 19.4 Å². The Labute approximate surface area is 86.2 Å². The summed E-state index contributed by atoms with van der Waals surface area (Å²) in [4.78, 5) is 11.5. The minimum atomic E-state index is -0.0746. The zero-order valence-electron chi connectivity index (χ0n) is 9.05. The lowest BCUT2D eigenvalue weighted by Crippen LogP contribution is -2.38. The number of carbonyl (C=O) groups excluding carboxylic acids is 1. The maximum absolute atomic E-state index is 11.5. The van der Waals surface area contributed by atoms with Crippen molar-refractivity contribution < 1.29 is 9.53 Å². The molecular formula is C11H21NO2. The number of hydrogen-bond acceptors (Lipinski definition) is 3. The molecule has 0 aromatic carbocycles. The zero-order chi connectivity index (χ0) is 10.2. The fourth-order valence-electron chi connectivity index (χ4n) is 1.83. The van der Waals surface area contributed by atoms with E-state index in [-0.39, 0.29) is 12.0 Å². The molecule has 1 N–H and O–H groups in total. The molecule has 0 bridgehead atoms. The van der Waals surface area contributed by atoms with Crippen molar-refractivity contribution in [3.8, 4) is 0 Å². The molecule has 3 heteroatoms. The van der Waals surface area contributed by atoms with Crippen molar-refractivity contribution in [1.29, 1.82) is 0 Å². The average Bonchev–Trinajstić information content (AvgIpc) is 2.30. The smallest absolute Gasteiger partial charge is 0.323 e. The second-order valence-corrected chi connectivity index (χ2v) is 3.82. The highest BCUT2D eigenvalue weighted by Gasteiger charge is 2.18. The van der Waals surface area contributed by atoms with Gasteiger partial charge in [0.15, 0.2) is 0 Å². The second-order valence-electron chi connectivity index (χ2n) is 3.82. The van der Waals surface area contributed by atoms with Crippen molar-refractivity contribution in [3.05, 3.63) is 0 Å². The van der Waals surface area contributed by atoms with E-state index in [1.165, 1.54) is 25.7 Å².